The number of piperidine rings is 1. The van der Waals surface area contributed by atoms with Gasteiger partial charge in [-0.2, -0.15) is 0 Å². The van der Waals surface area contributed by atoms with E-state index in [0.717, 1.165) is 30.2 Å². The van der Waals surface area contributed by atoms with Crippen molar-refractivity contribution in [1.82, 2.24) is 10.2 Å². The van der Waals surface area contributed by atoms with Crippen LogP contribution in [0.3, 0.4) is 0 Å². The summed E-state index contributed by atoms with van der Waals surface area (Å²) in [5.41, 5.74) is 2.05. The van der Waals surface area contributed by atoms with Gasteiger partial charge < -0.3 is 9.64 Å². The molecule has 162 valence electrons. The summed E-state index contributed by atoms with van der Waals surface area (Å²) in [5.74, 6) is 1.17. The van der Waals surface area contributed by atoms with Crippen LogP contribution in [0.15, 0.2) is 64.0 Å². The topological polar surface area (TPSA) is 84.4 Å². The van der Waals surface area contributed by atoms with Crippen molar-refractivity contribution in [2.45, 2.75) is 24.2 Å². The van der Waals surface area contributed by atoms with Crippen LogP contribution in [0, 0.1) is 0 Å². The molecule has 31 heavy (non-hydrogen) atoms. The first-order chi connectivity index (χ1) is 15.0. The van der Waals surface area contributed by atoms with Crippen LogP contribution in [0.25, 0.3) is 11.3 Å². The van der Waals surface area contributed by atoms with Crippen molar-refractivity contribution in [1.29, 1.82) is 0 Å². The highest BCUT2D eigenvalue weighted by Gasteiger charge is 2.20. The Bertz CT molecular complexity index is 1150. The van der Waals surface area contributed by atoms with E-state index < -0.39 is 10.0 Å². The Kier molecular flexibility index (Phi) is 6.43. The Morgan fingerprint density at radius 2 is 1.71 bits per heavy atom. The lowest BCUT2D eigenvalue weighted by Crippen LogP contribution is -2.30. The molecule has 1 aliphatic heterocycles. The van der Waals surface area contributed by atoms with E-state index in [2.05, 4.69) is 35.7 Å². The summed E-state index contributed by atoms with van der Waals surface area (Å²) in [4.78, 5) is 2.32. The third kappa shape index (κ3) is 4.99. The summed E-state index contributed by atoms with van der Waals surface area (Å²) < 4.78 is 34.1. The number of nitrogens with one attached hydrogen (secondary N) is 1. The minimum absolute atomic E-state index is 0.0626. The van der Waals surface area contributed by atoms with Gasteiger partial charge in [-0.25, -0.2) is 8.42 Å². The largest absolute Gasteiger partial charge is 0.495 e. The van der Waals surface area contributed by atoms with Gasteiger partial charge in [-0.1, -0.05) is 28.1 Å². The molecule has 2 heterocycles. The third-order valence-corrected chi connectivity index (χ3v) is 7.07. The first-order valence-corrected chi connectivity index (χ1v) is 12.3. The van der Waals surface area contributed by atoms with Gasteiger partial charge in [0, 0.05) is 28.8 Å². The van der Waals surface area contributed by atoms with Crippen LogP contribution < -0.4 is 14.4 Å². The Labute approximate surface area is 190 Å². The van der Waals surface area contributed by atoms with Gasteiger partial charge in [0.1, 0.15) is 10.6 Å². The molecule has 9 heteroatoms. The Hall–Kier alpha value is -2.65. The van der Waals surface area contributed by atoms with E-state index in [0.29, 0.717) is 10.2 Å². The van der Waals surface area contributed by atoms with E-state index in [1.165, 1.54) is 32.4 Å². The second-order valence-corrected chi connectivity index (χ2v) is 9.87. The van der Waals surface area contributed by atoms with Crippen molar-refractivity contribution in [3.63, 3.8) is 0 Å². The van der Waals surface area contributed by atoms with Gasteiger partial charge in [-0.15, -0.1) is 10.2 Å². The summed E-state index contributed by atoms with van der Waals surface area (Å²) in [6.45, 7) is 2.04. The molecule has 3 aromatic rings. The Morgan fingerprint density at radius 3 is 2.35 bits per heavy atom. The fourth-order valence-electron chi connectivity index (χ4n) is 3.55. The van der Waals surface area contributed by atoms with Crippen molar-refractivity contribution in [2.24, 2.45) is 0 Å². The molecule has 0 aliphatic carbocycles. The number of ether oxygens (including phenoxy) is 1. The molecule has 4 rings (SSSR count). The van der Waals surface area contributed by atoms with Crippen molar-refractivity contribution >= 4 is 37.5 Å². The molecular formula is C22H23BrN4O3S. The highest BCUT2D eigenvalue weighted by Crippen LogP contribution is 2.29. The molecule has 0 bridgehead atoms. The molecular weight excluding hydrogens is 480 g/mol. The van der Waals surface area contributed by atoms with Crippen LogP contribution in [-0.4, -0.2) is 38.8 Å². The molecule has 0 atom stereocenters. The number of nitrogens with zero attached hydrogens (tertiary/aromatic N) is 3. The second kappa shape index (κ2) is 9.23. The number of halogens is 1. The zero-order valence-corrected chi connectivity index (χ0v) is 19.5. The van der Waals surface area contributed by atoms with Crippen molar-refractivity contribution in [2.75, 3.05) is 29.8 Å². The lowest BCUT2D eigenvalue weighted by atomic mass is 10.1. The standard InChI is InChI=1S/C22H23BrN4O3S/c1-30-20-11-7-17(23)15-21(20)31(28,29)26-18-8-5-16(6-9-18)19-10-12-22(25-24-19)27-13-3-2-4-14-27/h5-12,15,26H,2-4,13-14H2,1H3. The molecule has 0 spiro atoms. The van der Waals surface area contributed by atoms with Gasteiger partial charge in [-0.3, -0.25) is 4.72 Å². The number of methoxy groups -OCH3 is 1. The summed E-state index contributed by atoms with van der Waals surface area (Å²) in [6.07, 6.45) is 3.64. The second-order valence-electron chi connectivity index (χ2n) is 7.30. The summed E-state index contributed by atoms with van der Waals surface area (Å²) in [6, 6.07) is 15.8. The lowest BCUT2D eigenvalue weighted by molar-refractivity contribution is 0.403. The minimum Gasteiger partial charge on any atom is -0.495 e. The zero-order valence-electron chi connectivity index (χ0n) is 17.1. The van der Waals surface area contributed by atoms with Gasteiger partial charge in [0.15, 0.2) is 5.82 Å². The van der Waals surface area contributed by atoms with Crippen molar-refractivity contribution in [3.05, 3.63) is 59.1 Å². The lowest BCUT2D eigenvalue weighted by Gasteiger charge is -2.27. The molecule has 1 saturated heterocycles. The van der Waals surface area contributed by atoms with Gasteiger partial charge >= 0.3 is 0 Å². The van der Waals surface area contributed by atoms with Crippen LogP contribution in [-0.2, 0) is 10.0 Å². The van der Waals surface area contributed by atoms with E-state index in [1.54, 1.807) is 24.3 Å². The van der Waals surface area contributed by atoms with E-state index in [-0.39, 0.29) is 10.6 Å². The monoisotopic (exact) mass is 502 g/mol. The molecule has 1 N–H and O–H groups in total. The molecule has 1 aromatic heterocycles. The molecule has 2 aromatic carbocycles. The number of sulfonamides is 1. The zero-order chi connectivity index (χ0) is 21.8. The number of aromatic nitrogens is 2. The number of benzene rings is 2. The van der Waals surface area contributed by atoms with Gasteiger partial charge in [0.2, 0.25) is 0 Å². The normalized spacial score (nSPS) is 14.3. The number of hydrogen-bond donors (Lipinski definition) is 1. The predicted octanol–water partition coefficient (Wildman–Crippen LogP) is 4.71. The number of anilines is 2. The molecule has 0 unspecified atom stereocenters. The maximum atomic E-state index is 12.8. The van der Waals surface area contributed by atoms with E-state index in [1.807, 2.05) is 24.3 Å². The number of rotatable bonds is 6. The quantitative estimate of drug-likeness (QED) is 0.525. The fourth-order valence-corrected chi connectivity index (χ4v) is 5.32. The maximum absolute atomic E-state index is 12.8. The van der Waals surface area contributed by atoms with Crippen LogP contribution in [0.2, 0.25) is 0 Å². The van der Waals surface area contributed by atoms with Crippen LogP contribution in [0.5, 0.6) is 5.75 Å². The van der Waals surface area contributed by atoms with Crippen LogP contribution in [0.4, 0.5) is 11.5 Å². The molecule has 7 nitrogen and oxygen atoms in total. The SMILES string of the molecule is COc1ccc(Br)cc1S(=O)(=O)Nc1ccc(-c2ccc(N3CCCCC3)nn2)cc1. The van der Waals surface area contributed by atoms with Gasteiger partial charge in [0.25, 0.3) is 10.0 Å². The smallest absolute Gasteiger partial charge is 0.265 e. The molecule has 0 amide bonds. The van der Waals surface area contributed by atoms with Crippen molar-refractivity contribution < 1.29 is 13.2 Å². The van der Waals surface area contributed by atoms with Crippen LogP contribution in [0.1, 0.15) is 19.3 Å². The molecule has 0 radical (unpaired) electrons. The van der Waals surface area contributed by atoms with E-state index >= 15 is 0 Å². The average molecular weight is 503 g/mol. The predicted molar refractivity (Wildman–Crippen MR) is 125 cm³/mol. The van der Waals surface area contributed by atoms with Crippen LogP contribution >= 0.6 is 15.9 Å². The highest BCUT2D eigenvalue weighted by atomic mass is 79.9. The van der Waals surface area contributed by atoms with Crippen molar-refractivity contribution in [3.8, 4) is 17.0 Å². The summed E-state index contributed by atoms with van der Waals surface area (Å²) >= 11 is 3.31. The van der Waals surface area contributed by atoms with E-state index in [9.17, 15) is 8.42 Å². The minimum atomic E-state index is -3.81. The maximum Gasteiger partial charge on any atom is 0.265 e. The first-order valence-electron chi connectivity index (χ1n) is 10.0. The van der Waals surface area contributed by atoms with E-state index in [4.69, 9.17) is 4.74 Å². The number of hydrogen-bond acceptors (Lipinski definition) is 6. The fraction of sp³-hybridized carbons (Fsp3) is 0.273. The Balaban J connectivity index is 1.50. The Morgan fingerprint density at radius 1 is 0.968 bits per heavy atom. The summed E-state index contributed by atoms with van der Waals surface area (Å²) in [7, 11) is -2.37. The summed E-state index contributed by atoms with van der Waals surface area (Å²) in [5, 5.41) is 8.73. The van der Waals surface area contributed by atoms with Gasteiger partial charge in [-0.05, 0) is 61.7 Å². The first kappa shape index (κ1) is 21.6. The van der Waals surface area contributed by atoms with Gasteiger partial charge in [0.05, 0.1) is 12.8 Å². The molecule has 1 aliphatic rings. The average Bonchev–Trinajstić information content (AvgIpc) is 2.80. The highest BCUT2D eigenvalue weighted by molar-refractivity contribution is 9.10. The molecule has 0 saturated carbocycles. The molecule has 1 fully saturated rings. The third-order valence-electron chi connectivity index (χ3n) is 5.18.